The number of hydrogen-bond donors (Lipinski definition) is 2. The summed E-state index contributed by atoms with van der Waals surface area (Å²) >= 11 is 9.84. The summed E-state index contributed by atoms with van der Waals surface area (Å²) in [5.41, 5.74) is 1.18. The van der Waals surface area contributed by atoms with Gasteiger partial charge >= 0.3 is 0 Å². The lowest BCUT2D eigenvalue weighted by atomic mass is 10.0. The van der Waals surface area contributed by atoms with E-state index in [2.05, 4.69) is 49.7 Å². The average molecular weight is 575 g/mol. The average Bonchev–Trinajstić information content (AvgIpc) is 2.88. The van der Waals surface area contributed by atoms with Crippen molar-refractivity contribution in [2.75, 3.05) is 26.2 Å². The van der Waals surface area contributed by atoms with Gasteiger partial charge in [0.25, 0.3) is 5.91 Å². The molecule has 2 fully saturated rings. The van der Waals surface area contributed by atoms with Crippen LogP contribution in [0.1, 0.15) is 41.8 Å². The Bertz CT molecular complexity index is 1300. The van der Waals surface area contributed by atoms with E-state index in [1.807, 2.05) is 0 Å². The van der Waals surface area contributed by atoms with Crippen LogP contribution >= 0.6 is 27.5 Å². The van der Waals surface area contributed by atoms with Crippen LogP contribution in [0.2, 0.25) is 5.02 Å². The molecule has 0 aliphatic carbocycles. The molecule has 3 aromatic rings. The van der Waals surface area contributed by atoms with E-state index in [4.69, 9.17) is 20.8 Å². The summed E-state index contributed by atoms with van der Waals surface area (Å²) in [6, 6.07) is 12.5. The van der Waals surface area contributed by atoms with Gasteiger partial charge in [-0.1, -0.05) is 23.7 Å². The summed E-state index contributed by atoms with van der Waals surface area (Å²) in [6.07, 6.45) is 3.97. The zero-order valence-corrected chi connectivity index (χ0v) is 22.2. The highest BCUT2D eigenvalue weighted by atomic mass is 79.9. The first kappa shape index (κ1) is 25.3. The maximum Gasteiger partial charge on any atom is 0.287 e. The van der Waals surface area contributed by atoms with Gasteiger partial charge in [-0.2, -0.15) is 0 Å². The first-order valence-corrected chi connectivity index (χ1v) is 13.5. The molecule has 190 valence electrons. The fourth-order valence-electron chi connectivity index (χ4n) is 4.84. The number of piperidine rings is 2. The van der Waals surface area contributed by atoms with E-state index in [0.29, 0.717) is 10.4 Å². The summed E-state index contributed by atoms with van der Waals surface area (Å²) in [4.78, 5) is 27.6. The lowest BCUT2D eigenvalue weighted by Gasteiger charge is -2.32. The lowest BCUT2D eigenvalue weighted by Crippen LogP contribution is -2.44. The van der Waals surface area contributed by atoms with Crippen molar-refractivity contribution in [3.8, 4) is 5.75 Å². The second kappa shape index (κ2) is 11.3. The third kappa shape index (κ3) is 5.94. The largest absolute Gasteiger partial charge is 0.489 e. The number of para-hydroxylation sites is 1. The molecule has 0 atom stereocenters. The van der Waals surface area contributed by atoms with Gasteiger partial charge in [-0.15, -0.1) is 0 Å². The fourth-order valence-corrected chi connectivity index (χ4v) is 5.57. The second-order valence-corrected chi connectivity index (χ2v) is 10.7. The van der Waals surface area contributed by atoms with Crippen LogP contribution < -0.4 is 20.8 Å². The van der Waals surface area contributed by atoms with Gasteiger partial charge in [0.1, 0.15) is 11.9 Å². The number of halogens is 2. The Kier molecular flexibility index (Phi) is 7.96. The molecule has 0 radical (unpaired) electrons. The fraction of sp³-hybridized carbons (Fsp3) is 0.407. The highest BCUT2D eigenvalue weighted by molar-refractivity contribution is 9.10. The molecule has 2 aromatic carbocycles. The molecule has 7 nitrogen and oxygen atoms in total. The number of ether oxygens (including phenoxy) is 1. The number of nitrogens with zero attached hydrogens (tertiary/aromatic N) is 1. The smallest absolute Gasteiger partial charge is 0.287 e. The van der Waals surface area contributed by atoms with Crippen LogP contribution in [0.15, 0.2) is 56.1 Å². The van der Waals surface area contributed by atoms with Crippen molar-refractivity contribution in [1.82, 2.24) is 15.5 Å². The molecule has 0 bridgehead atoms. The van der Waals surface area contributed by atoms with Gasteiger partial charge in [0.05, 0.1) is 14.9 Å². The van der Waals surface area contributed by atoms with E-state index < -0.39 is 0 Å². The van der Waals surface area contributed by atoms with E-state index in [1.165, 1.54) is 11.6 Å². The van der Waals surface area contributed by atoms with E-state index in [1.54, 1.807) is 18.2 Å². The summed E-state index contributed by atoms with van der Waals surface area (Å²) in [5.74, 6) is 0.494. The maximum atomic E-state index is 12.8. The number of nitrogens with one attached hydrogen (secondary N) is 2. The molecule has 2 N–H and O–H groups in total. The second-order valence-electron chi connectivity index (χ2n) is 9.45. The highest BCUT2D eigenvalue weighted by Crippen LogP contribution is 2.29. The van der Waals surface area contributed by atoms with Crippen LogP contribution in [0.5, 0.6) is 5.75 Å². The van der Waals surface area contributed by atoms with Crippen LogP contribution in [0.25, 0.3) is 11.0 Å². The van der Waals surface area contributed by atoms with Crippen molar-refractivity contribution >= 4 is 44.4 Å². The zero-order valence-electron chi connectivity index (χ0n) is 19.9. The monoisotopic (exact) mass is 573 g/mol. The Hall–Kier alpha value is -2.39. The minimum absolute atomic E-state index is 0.0142. The van der Waals surface area contributed by atoms with Crippen molar-refractivity contribution in [3.63, 3.8) is 0 Å². The number of carbonyl (C=O) groups is 1. The van der Waals surface area contributed by atoms with Crippen LogP contribution in [-0.4, -0.2) is 49.1 Å². The van der Waals surface area contributed by atoms with Gasteiger partial charge in [-0.3, -0.25) is 14.5 Å². The number of fused-ring (bicyclic) bond motifs is 1. The Morgan fingerprint density at radius 3 is 2.67 bits per heavy atom. The summed E-state index contributed by atoms with van der Waals surface area (Å²) in [5, 5.41) is 7.05. The van der Waals surface area contributed by atoms with Crippen LogP contribution in [0.3, 0.4) is 0 Å². The quantitative estimate of drug-likeness (QED) is 0.443. The van der Waals surface area contributed by atoms with Crippen LogP contribution in [-0.2, 0) is 6.54 Å². The summed E-state index contributed by atoms with van der Waals surface area (Å²) < 4.78 is 12.8. The molecular formula is C27H29BrClN3O4. The Labute approximate surface area is 223 Å². The minimum Gasteiger partial charge on any atom is -0.489 e. The third-order valence-corrected chi connectivity index (χ3v) is 7.75. The van der Waals surface area contributed by atoms with Gasteiger partial charge in [0.2, 0.25) is 0 Å². The van der Waals surface area contributed by atoms with Crippen LogP contribution in [0, 0.1) is 0 Å². The number of hydrogen-bond acceptors (Lipinski definition) is 6. The lowest BCUT2D eigenvalue weighted by molar-refractivity contribution is 0.0881. The predicted molar refractivity (Wildman–Crippen MR) is 144 cm³/mol. The summed E-state index contributed by atoms with van der Waals surface area (Å²) in [7, 11) is 0. The standard InChI is InChI=1S/C27H29BrClN3O4/c28-21-14-17(4-5-24(21)35-19-6-10-30-11-7-19)16-32-12-8-18(9-13-32)31-27(34)25-15-23(33)20-2-1-3-22(29)26(20)36-25/h1-5,14-15,18-19,30H,6-13,16H2,(H,31,34). The van der Waals surface area contributed by atoms with Crippen molar-refractivity contribution in [2.24, 2.45) is 0 Å². The molecule has 5 rings (SSSR count). The normalized spacial score (nSPS) is 17.8. The number of benzene rings is 2. The zero-order chi connectivity index (χ0) is 25.1. The number of carbonyl (C=O) groups excluding carboxylic acids is 1. The van der Waals surface area contributed by atoms with Crippen LogP contribution in [0.4, 0.5) is 0 Å². The van der Waals surface area contributed by atoms with Gasteiger partial charge < -0.3 is 19.8 Å². The van der Waals surface area contributed by atoms with Gasteiger partial charge in [0.15, 0.2) is 16.8 Å². The Balaban J connectivity index is 1.14. The third-order valence-electron chi connectivity index (χ3n) is 6.84. The molecule has 1 amide bonds. The summed E-state index contributed by atoms with van der Waals surface area (Å²) in [6.45, 7) is 4.57. The Morgan fingerprint density at radius 2 is 1.92 bits per heavy atom. The van der Waals surface area contributed by atoms with Crippen molar-refractivity contribution in [3.05, 3.63) is 73.5 Å². The molecule has 0 spiro atoms. The predicted octanol–water partition coefficient (Wildman–Crippen LogP) is 4.73. The maximum absolute atomic E-state index is 12.8. The van der Waals surface area contributed by atoms with Gasteiger partial charge in [-0.25, -0.2) is 0 Å². The number of likely N-dealkylation sites (tertiary alicyclic amines) is 1. The molecule has 0 unspecified atom stereocenters. The van der Waals surface area contributed by atoms with Crippen molar-refractivity contribution in [2.45, 2.75) is 44.4 Å². The number of rotatable bonds is 6. The Morgan fingerprint density at radius 1 is 1.14 bits per heavy atom. The molecule has 9 heteroatoms. The molecule has 3 heterocycles. The van der Waals surface area contributed by atoms with E-state index in [0.717, 1.165) is 68.6 Å². The van der Waals surface area contributed by atoms with E-state index >= 15 is 0 Å². The van der Waals surface area contributed by atoms with E-state index in [-0.39, 0.29) is 34.8 Å². The molecule has 2 aliphatic rings. The molecule has 2 aliphatic heterocycles. The molecule has 1 aromatic heterocycles. The molecule has 0 saturated carbocycles. The topological polar surface area (TPSA) is 83.8 Å². The van der Waals surface area contributed by atoms with Gasteiger partial charge in [0, 0.05) is 31.7 Å². The van der Waals surface area contributed by atoms with Gasteiger partial charge in [-0.05, 0) is 84.5 Å². The van der Waals surface area contributed by atoms with Crippen molar-refractivity contribution in [1.29, 1.82) is 0 Å². The molecule has 36 heavy (non-hydrogen) atoms. The molecular weight excluding hydrogens is 546 g/mol. The number of amides is 1. The SMILES string of the molecule is O=C(NC1CCN(Cc2ccc(OC3CCNCC3)c(Br)c2)CC1)c1cc(=O)c2cccc(Cl)c2o1. The first-order valence-electron chi connectivity index (χ1n) is 12.4. The van der Waals surface area contributed by atoms with E-state index in [9.17, 15) is 9.59 Å². The minimum atomic E-state index is -0.388. The molecule has 2 saturated heterocycles. The van der Waals surface area contributed by atoms with Crippen molar-refractivity contribution < 1.29 is 13.9 Å². The highest BCUT2D eigenvalue weighted by Gasteiger charge is 2.23. The first-order chi connectivity index (χ1) is 17.5.